The van der Waals surface area contributed by atoms with E-state index in [0.29, 0.717) is 41.5 Å². The number of aliphatic hydroxyl groups excluding tert-OH is 1. The van der Waals surface area contributed by atoms with Gasteiger partial charge in [0.2, 0.25) is 0 Å². The van der Waals surface area contributed by atoms with E-state index in [1.54, 1.807) is 37.4 Å². The normalized spacial score (nSPS) is 18.1. The van der Waals surface area contributed by atoms with Gasteiger partial charge in [-0.1, -0.05) is 12.1 Å². The molecule has 1 saturated heterocycles. The Morgan fingerprint density at radius 1 is 1.05 bits per heavy atom. The van der Waals surface area contributed by atoms with Crippen LogP contribution in [0.5, 0.6) is 11.5 Å². The van der Waals surface area contributed by atoms with E-state index < -0.39 is 17.7 Å². The van der Waals surface area contributed by atoms with Crippen molar-refractivity contribution in [2.24, 2.45) is 0 Å². The van der Waals surface area contributed by atoms with Crippen LogP contribution in [0.1, 0.15) is 31.0 Å². The molecule has 0 aromatic heterocycles. The fourth-order valence-electron chi connectivity index (χ4n) is 5.29. The molecule has 2 aliphatic heterocycles. The Morgan fingerprint density at radius 3 is 2.49 bits per heavy atom. The van der Waals surface area contributed by atoms with E-state index in [2.05, 4.69) is 18.7 Å². The molecule has 8 heteroatoms. The molecule has 2 aliphatic rings. The number of anilines is 3. The molecule has 3 aromatic carbocycles. The van der Waals surface area contributed by atoms with E-state index in [1.165, 1.54) is 4.90 Å². The monoisotopic (exact) mass is 527 g/mol. The van der Waals surface area contributed by atoms with Gasteiger partial charge in [-0.15, -0.1) is 0 Å². The number of amides is 1. The van der Waals surface area contributed by atoms with Crippen molar-refractivity contribution in [1.29, 1.82) is 0 Å². The van der Waals surface area contributed by atoms with Gasteiger partial charge in [0, 0.05) is 37.1 Å². The second-order valence-electron chi connectivity index (χ2n) is 9.59. The largest absolute Gasteiger partial charge is 0.507 e. The van der Waals surface area contributed by atoms with Crippen molar-refractivity contribution in [2.45, 2.75) is 19.9 Å². The molecule has 8 nitrogen and oxygen atoms in total. The van der Waals surface area contributed by atoms with Gasteiger partial charge < -0.3 is 24.4 Å². The van der Waals surface area contributed by atoms with E-state index >= 15 is 0 Å². The third-order valence-corrected chi connectivity index (χ3v) is 7.44. The van der Waals surface area contributed by atoms with E-state index in [4.69, 9.17) is 9.47 Å². The molecule has 0 saturated carbocycles. The van der Waals surface area contributed by atoms with Crippen molar-refractivity contribution in [2.75, 3.05) is 55.1 Å². The van der Waals surface area contributed by atoms with Crippen molar-refractivity contribution in [3.8, 4) is 11.5 Å². The number of rotatable bonds is 7. The number of carbonyl (C=O) groups is 2. The lowest BCUT2D eigenvalue weighted by atomic mass is 9.94. The minimum Gasteiger partial charge on any atom is -0.507 e. The Labute approximate surface area is 228 Å². The lowest BCUT2D eigenvalue weighted by Crippen LogP contribution is -2.29. The van der Waals surface area contributed by atoms with Gasteiger partial charge >= 0.3 is 0 Å². The van der Waals surface area contributed by atoms with E-state index in [9.17, 15) is 14.7 Å². The number of aliphatic hydroxyl groups is 1. The molecule has 1 N–H and O–H groups in total. The Balaban J connectivity index is 1.66. The molecule has 5 rings (SSSR count). The van der Waals surface area contributed by atoms with Gasteiger partial charge in [-0.2, -0.15) is 0 Å². The van der Waals surface area contributed by atoms with Gasteiger partial charge in [0.05, 0.1) is 31.0 Å². The summed E-state index contributed by atoms with van der Waals surface area (Å²) in [6.45, 7) is 7.15. The van der Waals surface area contributed by atoms with Crippen LogP contribution in [0.4, 0.5) is 17.1 Å². The molecular weight excluding hydrogens is 494 g/mol. The van der Waals surface area contributed by atoms with E-state index in [1.807, 2.05) is 48.3 Å². The van der Waals surface area contributed by atoms with Crippen molar-refractivity contribution in [1.82, 2.24) is 0 Å². The first-order chi connectivity index (χ1) is 18.9. The SMILES string of the molecule is CCN(CC)c1ccc(N2C(=O)C(=O)/C(=C(\O)c3ccc4c(c3)N(C)CCO4)C2c2cccc(OC)c2)cc1. The molecule has 2 heterocycles. The number of ether oxygens (including phenoxy) is 2. The summed E-state index contributed by atoms with van der Waals surface area (Å²) in [7, 11) is 3.51. The molecule has 1 fully saturated rings. The molecule has 3 aromatic rings. The number of fused-ring (bicyclic) bond motifs is 1. The first kappa shape index (κ1) is 26.2. The van der Waals surface area contributed by atoms with E-state index in [-0.39, 0.29) is 11.3 Å². The molecule has 39 heavy (non-hydrogen) atoms. The number of benzene rings is 3. The Morgan fingerprint density at radius 2 is 1.79 bits per heavy atom. The predicted octanol–water partition coefficient (Wildman–Crippen LogP) is 5.00. The maximum atomic E-state index is 13.6. The molecule has 1 atom stereocenters. The van der Waals surface area contributed by atoms with Crippen molar-refractivity contribution >= 4 is 34.5 Å². The minimum absolute atomic E-state index is 0.0282. The number of Topliss-reactive ketones (excluding diaryl/α,β-unsaturated/α-hetero) is 1. The molecule has 0 bridgehead atoms. The summed E-state index contributed by atoms with van der Waals surface area (Å²) in [4.78, 5) is 32.8. The minimum atomic E-state index is -0.843. The van der Waals surface area contributed by atoms with Crippen molar-refractivity contribution in [3.05, 3.63) is 83.4 Å². The second-order valence-corrected chi connectivity index (χ2v) is 9.59. The van der Waals surface area contributed by atoms with Gasteiger partial charge in [-0.25, -0.2) is 0 Å². The summed E-state index contributed by atoms with van der Waals surface area (Å²) in [5.74, 6) is -0.375. The smallest absolute Gasteiger partial charge is 0.300 e. The van der Waals surface area contributed by atoms with Crippen LogP contribution in [0, 0.1) is 0 Å². The fourth-order valence-corrected chi connectivity index (χ4v) is 5.29. The van der Waals surface area contributed by atoms with Gasteiger partial charge in [0.1, 0.15) is 23.9 Å². The average Bonchev–Trinajstić information content (AvgIpc) is 3.23. The highest BCUT2D eigenvalue weighted by Gasteiger charge is 2.47. The summed E-state index contributed by atoms with van der Waals surface area (Å²) in [5, 5.41) is 11.6. The molecule has 0 spiro atoms. The van der Waals surface area contributed by atoms with Crippen LogP contribution in [0.25, 0.3) is 5.76 Å². The Kier molecular flexibility index (Phi) is 7.19. The number of hydrogen-bond acceptors (Lipinski definition) is 7. The molecular formula is C31H33N3O5. The molecule has 0 radical (unpaired) electrons. The summed E-state index contributed by atoms with van der Waals surface area (Å²) < 4.78 is 11.2. The average molecular weight is 528 g/mol. The van der Waals surface area contributed by atoms with Crippen LogP contribution < -0.4 is 24.2 Å². The maximum absolute atomic E-state index is 13.6. The van der Waals surface area contributed by atoms with Gasteiger partial charge in [-0.3, -0.25) is 14.5 Å². The lowest BCUT2D eigenvalue weighted by Gasteiger charge is -2.28. The molecule has 202 valence electrons. The van der Waals surface area contributed by atoms with Gasteiger partial charge in [0.25, 0.3) is 11.7 Å². The zero-order valence-electron chi connectivity index (χ0n) is 22.7. The zero-order valence-corrected chi connectivity index (χ0v) is 22.7. The van der Waals surface area contributed by atoms with Crippen LogP contribution in [0.2, 0.25) is 0 Å². The maximum Gasteiger partial charge on any atom is 0.300 e. The summed E-state index contributed by atoms with van der Waals surface area (Å²) in [6, 6.07) is 19.2. The highest BCUT2D eigenvalue weighted by Crippen LogP contribution is 2.44. The predicted molar refractivity (Wildman–Crippen MR) is 153 cm³/mol. The first-order valence-corrected chi connectivity index (χ1v) is 13.2. The third-order valence-electron chi connectivity index (χ3n) is 7.44. The number of likely N-dealkylation sites (N-methyl/N-ethyl adjacent to an activating group) is 1. The number of ketones is 1. The zero-order chi connectivity index (χ0) is 27.7. The third kappa shape index (κ3) is 4.67. The lowest BCUT2D eigenvalue weighted by molar-refractivity contribution is -0.132. The highest BCUT2D eigenvalue weighted by atomic mass is 16.5. The van der Waals surface area contributed by atoms with Gasteiger partial charge in [-0.05, 0) is 74.0 Å². The standard InChI is InChI=1S/C31H33N3O5/c1-5-33(6-2)22-11-13-23(14-12-22)34-28(20-8-7-9-24(18-20)38-4)27(30(36)31(34)37)29(35)21-10-15-26-25(19-21)32(3)16-17-39-26/h7-15,18-19,28,35H,5-6,16-17H2,1-4H3/b29-27-. The van der Waals surface area contributed by atoms with E-state index in [0.717, 1.165) is 24.5 Å². The molecule has 1 amide bonds. The van der Waals surface area contributed by atoms with Crippen LogP contribution in [0.3, 0.4) is 0 Å². The number of carbonyl (C=O) groups excluding carboxylic acids is 2. The number of methoxy groups -OCH3 is 1. The quantitative estimate of drug-likeness (QED) is 0.263. The van der Waals surface area contributed by atoms with Crippen LogP contribution >= 0.6 is 0 Å². The summed E-state index contributed by atoms with van der Waals surface area (Å²) in [5.41, 5.74) is 3.53. The van der Waals surface area contributed by atoms with Crippen LogP contribution in [-0.4, -0.2) is 57.2 Å². The highest BCUT2D eigenvalue weighted by molar-refractivity contribution is 6.51. The number of hydrogen-bond donors (Lipinski definition) is 1. The molecule has 1 unspecified atom stereocenters. The summed E-state index contributed by atoms with van der Waals surface area (Å²) >= 11 is 0. The Bertz CT molecular complexity index is 1430. The van der Waals surface area contributed by atoms with Crippen LogP contribution in [-0.2, 0) is 9.59 Å². The first-order valence-electron chi connectivity index (χ1n) is 13.2. The van der Waals surface area contributed by atoms with Crippen LogP contribution in [0.15, 0.2) is 72.3 Å². The molecule has 0 aliphatic carbocycles. The second kappa shape index (κ2) is 10.7. The van der Waals surface area contributed by atoms with Crippen molar-refractivity contribution < 1.29 is 24.2 Å². The topological polar surface area (TPSA) is 82.6 Å². The summed E-state index contributed by atoms with van der Waals surface area (Å²) in [6.07, 6.45) is 0. The fraction of sp³-hybridized carbons (Fsp3) is 0.290. The Hall–Kier alpha value is -4.46. The van der Waals surface area contributed by atoms with Gasteiger partial charge in [0.15, 0.2) is 0 Å². The number of nitrogens with zero attached hydrogens (tertiary/aromatic N) is 3. The van der Waals surface area contributed by atoms with Crippen molar-refractivity contribution in [3.63, 3.8) is 0 Å².